The van der Waals surface area contributed by atoms with Gasteiger partial charge in [0.15, 0.2) is 0 Å². The van der Waals surface area contributed by atoms with Crippen LogP contribution in [0.15, 0.2) is 36.7 Å². The third-order valence-electron chi connectivity index (χ3n) is 5.95. The van der Waals surface area contributed by atoms with Crippen molar-refractivity contribution in [2.75, 3.05) is 18.8 Å². The molecule has 1 aromatic heterocycles. The van der Waals surface area contributed by atoms with E-state index in [0.717, 1.165) is 5.82 Å². The lowest BCUT2D eigenvalue weighted by Gasteiger charge is -2.32. The molecule has 0 radical (unpaired) electrons. The summed E-state index contributed by atoms with van der Waals surface area (Å²) in [5, 5.41) is 4.98. The standard InChI is InChI=1S/C21H25N5O5S/c22-32(30,31)13-3-6-18(27)24-10-7-15(8-11-24)19-23-9-12-25(19)14-26-20(28)16-4-1-2-5-17(16)21(26)29/h1-2,4-5,9,12,15H,3,6-8,10-11,13-14H2,(H2,22,30,31). The summed E-state index contributed by atoms with van der Waals surface area (Å²) < 4.78 is 23.9. The van der Waals surface area contributed by atoms with Crippen LogP contribution in [0.3, 0.4) is 0 Å². The topological polar surface area (TPSA) is 136 Å². The van der Waals surface area contributed by atoms with E-state index < -0.39 is 10.0 Å². The van der Waals surface area contributed by atoms with Gasteiger partial charge in [0.05, 0.1) is 16.9 Å². The van der Waals surface area contributed by atoms with Crippen molar-refractivity contribution in [1.29, 1.82) is 0 Å². The second-order valence-electron chi connectivity index (χ2n) is 8.11. The average Bonchev–Trinajstić information content (AvgIpc) is 3.32. The van der Waals surface area contributed by atoms with Crippen molar-refractivity contribution in [2.24, 2.45) is 5.14 Å². The minimum atomic E-state index is -3.56. The molecule has 11 heteroatoms. The lowest BCUT2D eigenvalue weighted by atomic mass is 9.95. The Hall–Kier alpha value is -3.05. The van der Waals surface area contributed by atoms with Crippen LogP contribution in [0.25, 0.3) is 0 Å². The summed E-state index contributed by atoms with van der Waals surface area (Å²) in [5.41, 5.74) is 0.821. The molecule has 1 fully saturated rings. The molecule has 0 saturated carbocycles. The fraction of sp³-hybridized carbons (Fsp3) is 0.429. The second-order valence-corrected chi connectivity index (χ2v) is 9.84. The summed E-state index contributed by atoms with van der Waals surface area (Å²) in [4.78, 5) is 45.1. The average molecular weight is 460 g/mol. The van der Waals surface area contributed by atoms with Crippen LogP contribution < -0.4 is 5.14 Å². The van der Waals surface area contributed by atoms with Crippen molar-refractivity contribution in [3.63, 3.8) is 0 Å². The van der Waals surface area contributed by atoms with Gasteiger partial charge in [-0.25, -0.2) is 18.5 Å². The van der Waals surface area contributed by atoms with Gasteiger partial charge in [-0.2, -0.15) is 0 Å². The molecule has 2 aliphatic rings. The largest absolute Gasteiger partial charge is 0.343 e. The first-order valence-corrected chi connectivity index (χ1v) is 12.2. The summed E-state index contributed by atoms with van der Waals surface area (Å²) in [5.74, 6) is -0.0434. The summed E-state index contributed by atoms with van der Waals surface area (Å²) in [7, 11) is -3.56. The molecule has 0 spiro atoms. The highest BCUT2D eigenvalue weighted by Crippen LogP contribution is 2.29. The second kappa shape index (κ2) is 8.83. The summed E-state index contributed by atoms with van der Waals surface area (Å²) >= 11 is 0. The minimum absolute atomic E-state index is 0.0820. The Kier molecular flexibility index (Phi) is 6.11. The molecule has 0 aliphatic carbocycles. The fourth-order valence-corrected chi connectivity index (χ4v) is 4.84. The van der Waals surface area contributed by atoms with Crippen LogP contribution in [0.5, 0.6) is 0 Å². The number of imidazole rings is 1. The first kappa shape index (κ1) is 22.2. The number of hydrogen-bond acceptors (Lipinski definition) is 6. The number of piperidine rings is 1. The smallest absolute Gasteiger partial charge is 0.263 e. The number of hydrogen-bond donors (Lipinski definition) is 1. The number of carbonyl (C=O) groups excluding carboxylic acids is 3. The van der Waals surface area contributed by atoms with Gasteiger partial charge < -0.3 is 9.47 Å². The van der Waals surface area contributed by atoms with Crippen LogP contribution in [0.1, 0.15) is 58.1 Å². The zero-order chi connectivity index (χ0) is 22.9. The van der Waals surface area contributed by atoms with E-state index in [1.54, 1.807) is 41.6 Å². The lowest BCUT2D eigenvalue weighted by Crippen LogP contribution is -2.39. The van der Waals surface area contributed by atoms with Crippen LogP contribution >= 0.6 is 0 Å². The number of amides is 3. The van der Waals surface area contributed by atoms with E-state index in [2.05, 4.69) is 4.98 Å². The van der Waals surface area contributed by atoms with E-state index in [1.165, 1.54) is 4.90 Å². The number of carbonyl (C=O) groups is 3. The Balaban J connectivity index is 1.36. The van der Waals surface area contributed by atoms with Gasteiger partial charge in [-0.15, -0.1) is 0 Å². The van der Waals surface area contributed by atoms with Gasteiger partial charge in [-0.1, -0.05) is 12.1 Å². The predicted octanol–water partition coefficient (Wildman–Crippen LogP) is 0.912. The van der Waals surface area contributed by atoms with Crippen LogP contribution in [-0.2, 0) is 21.5 Å². The van der Waals surface area contributed by atoms with Gasteiger partial charge in [0.25, 0.3) is 11.8 Å². The molecule has 2 aromatic rings. The van der Waals surface area contributed by atoms with E-state index >= 15 is 0 Å². The normalized spacial score (nSPS) is 17.2. The van der Waals surface area contributed by atoms with Crippen molar-refractivity contribution in [3.8, 4) is 0 Å². The Morgan fingerprint density at radius 3 is 2.31 bits per heavy atom. The Labute approximate surface area is 186 Å². The van der Waals surface area contributed by atoms with Crippen molar-refractivity contribution < 1.29 is 22.8 Å². The Bertz CT molecular complexity index is 1120. The Morgan fingerprint density at radius 1 is 1.09 bits per heavy atom. The van der Waals surface area contributed by atoms with Crippen LogP contribution in [0.4, 0.5) is 0 Å². The highest BCUT2D eigenvalue weighted by Gasteiger charge is 2.36. The molecule has 32 heavy (non-hydrogen) atoms. The van der Waals surface area contributed by atoms with E-state index in [4.69, 9.17) is 5.14 Å². The van der Waals surface area contributed by atoms with E-state index in [-0.39, 0.29) is 48.9 Å². The van der Waals surface area contributed by atoms with Crippen LogP contribution in [-0.4, -0.2) is 64.3 Å². The van der Waals surface area contributed by atoms with Gasteiger partial charge in [-0.3, -0.25) is 19.3 Å². The third kappa shape index (κ3) is 4.58. The number of likely N-dealkylation sites (tertiary alicyclic amines) is 1. The van der Waals surface area contributed by atoms with Gasteiger partial charge in [0.1, 0.15) is 12.5 Å². The zero-order valence-corrected chi connectivity index (χ0v) is 18.3. The summed E-state index contributed by atoms with van der Waals surface area (Å²) in [6, 6.07) is 6.78. The number of nitrogens with two attached hydrogens (primary N) is 1. The molecule has 1 saturated heterocycles. The highest BCUT2D eigenvalue weighted by molar-refractivity contribution is 7.89. The zero-order valence-electron chi connectivity index (χ0n) is 17.5. The molecule has 2 aliphatic heterocycles. The monoisotopic (exact) mass is 459 g/mol. The maximum atomic E-state index is 12.7. The molecular weight excluding hydrogens is 434 g/mol. The van der Waals surface area contributed by atoms with Gasteiger partial charge in [-0.05, 0) is 31.4 Å². The molecule has 0 unspecified atom stereocenters. The molecule has 3 heterocycles. The molecule has 0 atom stereocenters. The van der Waals surface area contributed by atoms with E-state index in [0.29, 0.717) is 37.1 Å². The molecule has 3 amide bonds. The predicted molar refractivity (Wildman–Crippen MR) is 115 cm³/mol. The van der Waals surface area contributed by atoms with E-state index in [1.807, 2.05) is 4.57 Å². The quantitative estimate of drug-likeness (QED) is 0.612. The van der Waals surface area contributed by atoms with Crippen molar-refractivity contribution in [3.05, 3.63) is 53.6 Å². The van der Waals surface area contributed by atoms with Gasteiger partial charge >= 0.3 is 0 Å². The maximum Gasteiger partial charge on any atom is 0.263 e. The summed E-state index contributed by atoms with van der Waals surface area (Å²) in [6.07, 6.45) is 5.15. The minimum Gasteiger partial charge on any atom is -0.343 e. The fourth-order valence-electron chi connectivity index (χ4n) is 4.29. The van der Waals surface area contributed by atoms with Crippen molar-refractivity contribution in [2.45, 2.75) is 38.3 Å². The van der Waals surface area contributed by atoms with Crippen LogP contribution in [0, 0.1) is 0 Å². The number of imide groups is 1. The maximum absolute atomic E-state index is 12.7. The number of nitrogens with zero attached hydrogens (tertiary/aromatic N) is 4. The number of rotatable bonds is 7. The van der Waals surface area contributed by atoms with Gasteiger partial charge in [0.2, 0.25) is 15.9 Å². The van der Waals surface area contributed by atoms with E-state index in [9.17, 15) is 22.8 Å². The first-order chi connectivity index (χ1) is 15.2. The molecule has 4 rings (SSSR count). The molecule has 2 N–H and O–H groups in total. The number of primary sulfonamides is 1. The molecule has 170 valence electrons. The highest BCUT2D eigenvalue weighted by atomic mass is 32.2. The number of sulfonamides is 1. The molecular formula is C21H25N5O5S. The molecule has 10 nitrogen and oxygen atoms in total. The number of aromatic nitrogens is 2. The Morgan fingerprint density at radius 2 is 1.72 bits per heavy atom. The third-order valence-corrected chi connectivity index (χ3v) is 6.81. The molecule has 0 bridgehead atoms. The number of fused-ring (bicyclic) bond motifs is 1. The van der Waals surface area contributed by atoms with Gasteiger partial charge in [0, 0.05) is 37.8 Å². The SMILES string of the molecule is NS(=O)(=O)CCCC(=O)N1CCC(c2nccn2CN2C(=O)c3ccccc3C2=O)CC1. The first-order valence-electron chi connectivity index (χ1n) is 10.5. The number of benzene rings is 1. The van der Waals surface area contributed by atoms with Crippen LogP contribution in [0.2, 0.25) is 0 Å². The van der Waals surface area contributed by atoms with Crippen molar-refractivity contribution in [1.82, 2.24) is 19.4 Å². The molecule has 1 aromatic carbocycles. The van der Waals surface area contributed by atoms with Crippen molar-refractivity contribution >= 4 is 27.7 Å². The lowest BCUT2D eigenvalue weighted by molar-refractivity contribution is -0.132. The summed E-state index contributed by atoms with van der Waals surface area (Å²) in [6.45, 7) is 1.17.